The summed E-state index contributed by atoms with van der Waals surface area (Å²) < 4.78 is 0.0961. The molecule has 0 amide bonds. The lowest BCUT2D eigenvalue weighted by molar-refractivity contribution is 0.183. The number of hydrogen-bond donors (Lipinski definition) is 1. The van der Waals surface area contributed by atoms with E-state index < -0.39 is 4.93 Å². The van der Waals surface area contributed by atoms with Crippen LogP contribution in [0.2, 0.25) is 0 Å². The Morgan fingerprint density at radius 3 is 3.08 bits per heavy atom. The van der Waals surface area contributed by atoms with Crippen molar-refractivity contribution in [2.75, 3.05) is 0 Å². The summed E-state index contributed by atoms with van der Waals surface area (Å²) in [6, 6.07) is 0. The predicted octanol–water partition coefficient (Wildman–Crippen LogP) is 2.44. The van der Waals surface area contributed by atoms with Gasteiger partial charge in [0, 0.05) is 24.0 Å². The van der Waals surface area contributed by atoms with Crippen LogP contribution in [0.15, 0.2) is 24.8 Å². The largest absolute Gasteiger partial charge is 0.374 e. The normalized spacial score (nSPS) is 54.2. The fraction of sp³-hybridized carbons (Fsp3) is 0.556. The molecule has 2 fully saturated rings. The van der Waals surface area contributed by atoms with E-state index in [1.807, 2.05) is 23.9 Å². The Hall–Kier alpha value is 0.490. The van der Waals surface area contributed by atoms with Crippen LogP contribution in [0, 0.1) is 0 Å². The molecule has 2 radical (unpaired) electrons. The van der Waals surface area contributed by atoms with E-state index in [1.165, 1.54) is 0 Å². The van der Waals surface area contributed by atoms with Gasteiger partial charge in [0.2, 0.25) is 0 Å². The fourth-order valence-electron chi connectivity index (χ4n) is 2.08. The zero-order valence-electron chi connectivity index (χ0n) is 6.97. The van der Waals surface area contributed by atoms with E-state index in [4.69, 9.17) is 0 Å². The molecular formula is C9H10OS3. The summed E-state index contributed by atoms with van der Waals surface area (Å²) in [5, 5.41) is 11.4. The molecule has 1 nitrogen and oxygen atoms in total. The molecule has 0 aromatic carbocycles. The quantitative estimate of drug-likeness (QED) is 0.581. The third-order valence-corrected chi connectivity index (χ3v) is 6.12. The first-order valence-electron chi connectivity index (χ1n) is 4.10. The standard InChI is InChI=1S/C9H10OS2.S/c1-2-4-8-7-6(11-7)3-5-9(8,10)12-8;/h2-3,5-7,10H,1,4H2;. The van der Waals surface area contributed by atoms with Gasteiger partial charge < -0.3 is 5.11 Å². The second-order valence-electron chi connectivity index (χ2n) is 3.56. The van der Waals surface area contributed by atoms with E-state index in [1.54, 1.807) is 11.8 Å². The predicted molar refractivity (Wildman–Crippen MR) is 62.0 cm³/mol. The van der Waals surface area contributed by atoms with Crippen molar-refractivity contribution in [1.29, 1.82) is 0 Å². The minimum absolute atomic E-state index is 0. The summed E-state index contributed by atoms with van der Waals surface area (Å²) in [4.78, 5) is -0.550. The van der Waals surface area contributed by atoms with E-state index in [9.17, 15) is 5.11 Å². The fourth-order valence-corrected chi connectivity index (χ4v) is 5.18. The van der Waals surface area contributed by atoms with Crippen molar-refractivity contribution in [3.63, 3.8) is 0 Å². The smallest absolute Gasteiger partial charge is 0.146 e. The third kappa shape index (κ3) is 1.09. The molecule has 0 aromatic heterocycles. The molecule has 2 aliphatic heterocycles. The van der Waals surface area contributed by atoms with Crippen molar-refractivity contribution in [3.8, 4) is 0 Å². The van der Waals surface area contributed by atoms with E-state index >= 15 is 0 Å². The molecule has 4 heteroatoms. The summed E-state index contributed by atoms with van der Waals surface area (Å²) in [7, 11) is 0. The van der Waals surface area contributed by atoms with Gasteiger partial charge in [0.1, 0.15) is 4.93 Å². The lowest BCUT2D eigenvalue weighted by Gasteiger charge is -2.16. The van der Waals surface area contributed by atoms with Crippen molar-refractivity contribution in [1.82, 2.24) is 0 Å². The molecule has 0 aromatic rings. The van der Waals surface area contributed by atoms with Crippen molar-refractivity contribution in [2.45, 2.75) is 26.6 Å². The van der Waals surface area contributed by atoms with Gasteiger partial charge in [-0.3, -0.25) is 0 Å². The number of hydrogen-bond acceptors (Lipinski definition) is 3. The second-order valence-corrected chi connectivity index (χ2v) is 6.44. The molecule has 4 unspecified atom stereocenters. The lowest BCUT2D eigenvalue weighted by atomic mass is 9.89. The van der Waals surface area contributed by atoms with Crippen LogP contribution in [-0.2, 0) is 0 Å². The monoisotopic (exact) mass is 230 g/mol. The first-order chi connectivity index (χ1) is 5.72. The van der Waals surface area contributed by atoms with Gasteiger partial charge in [0.25, 0.3) is 0 Å². The maximum absolute atomic E-state index is 10.0. The van der Waals surface area contributed by atoms with Gasteiger partial charge in [-0.15, -0.1) is 30.1 Å². The van der Waals surface area contributed by atoms with E-state index in [2.05, 4.69) is 12.7 Å². The Balaban J connectivity index is 0.000000653. The van der Waals surface area contributed by atoms with Crippen LogP contribution in [-0.4, -0.2) is 25.3 Å². The van der Waals surface area contributed by atoms with Gasteiger partial charge in [-0.05, 0) is 12.5 Å². The topological polar surface area (TPSA) is 20.2 Å². The summed E-state index contributed by atoms with van der Waals surface area (Å²) in [6.45, 7) is 3.75. The highest BCUT2D eigenvalue weighted by Crippen LogP contribution is 2.77. The molecule has 13 heavy (non-hydrogen) atoms. The van der Waals surface area contributed by atoms with Crippen LogP contribution in [0.25, 0.3) is 0 Å². The Bertz CT molecular complexity index is 291. The third-order valence-electron chi connectivity index (χ3n) is 2.85. The second kappa shape index (κ2) is 2.75. The molecule has 4 atom stereocenters. The highest BCUT2D eigenvalue weighted by Gasteiger charge is 2.77. The summed E-state index contributed by atoms with van der Waals surface area (Å²) in [6.07, 6.45) is 6.99. The first kappa shape index (κ1) is 10.0. The van der Waals surface area contributed by atoms with Gasteiger partial charge in [-0.2, -0.15) is 0 Å². The summed E-state index contributed by atoms with van der Waals surface area (Å²) in [5.41, 5.74) is 0. The molecule has 3 rings (SSSR count). The first-order valence-corrected chi connectivity index (χ1v) is 5.86. The average molecular weight is 230 g/mol. The van der Waals surface area contributed by atoms with Crippen LogP contribution in [0.1, 0.15) is 6.42 Å². The number of fused-ring (bicyclic) bond motifs is 3. The SMILES string of the molecule is C=CCC12SC1(O)C=CC1SC12.[S]. The molecule has 3 aliphatic rings. The van der Waals surface area contributed by atoms with Gasteiger partial charge in [-0.1, -0.05) is 12.2 Å². The van der Waals surface area contributed by atoms with E-state index in [-0.39, 0.29) is 18.2 Å². The maximum Gasteiger partial charge on any atom is 0.146 e. The van der Waals surface area contributed by atoms with Gasteiger partial charge in [0.15, 0.2) is 0 Å². The molecule has 1 N–H and O–H groups in total. The number of aliphatic hydroxyl groups is 1. The Morgan fingerprint density at radius 2 is 2.38 bits per heavy atom. The lowest BCUT2D eigenvalue weighted by Crippen LogP contribution is -2.32. The highest BCUT2D eigenvalue weighted by atomic mass is 32.2. The van der Waals surface area contributed by atoms with Crippen LogP contribution >= 0.6 is 37.0 Å². The molecular weight excluding hydrogens is 220 g/mol. The van der Waals surface area contributed by atoms with Gasteiger partial charge >= 0.3 is 0 Å². The maximum atomic E-state index is 10.0. The minimum atomic E-state index is -0.550. The molecule has 70 valence electrons. The van der Waals surface area contributed by atoms with Gasteiger partial charge in [-0.25, -0.2) is 0 Å². The number of thioether (sulfide) groups is 2. The molecule has 0 bridgehead atoms. The van der Waals surface area contributed by atoms with Crippen molar-refractivity contribution >= 4 is 37.0 Å². The average Bonchev–Trinajstić information content (AvgIpc) is 2.82. The summed E-state index contributed by atoms with van der Waals surface area (Å²) >= 11 is 3.67. The van der Waals surface area contributed by atoms with Crippen molar-refractivity contribution in [2.24, 2.45) is 0 Å². The Kier molecular flexibility index (Phi) is 2.12. The Labute approximate surface area is 93.5 Å². The van der Waals surface area contributed by atoms with E-state index in [0.717, 1.165) is 6.42 Å². The molecule has 0 spiro atoms. The van der Waals surface area contributed by atoms with Crippen LogP contribution in [0.3, 0.4) is 0 Å². The Morgan fingerprint density at radius 1 is 1.62 bits per heavy atom. The van der Waals surface area contributed by atoms with Crippen LogP contribution in [0.4, 0.5) is 0 Å². The molecule has 1 aliphatic carbocycles. The summed E-state index contributed by atoms with van der Waals surface area (Å²) in [5.74, 6) is 0. The number of rotatable bonds is 2. The van der Waals surface area contributed by atoms with Crippen molar-refractivity contribution in [3.05, 3.63) is 24.8 Å². The van der Waals surface area contributed by atoms with Crippen LogP contribution < -0.4 is 0 Å². The van der Waals surface area contributed by atoms with Crippen LogP contribution in [0.5, 0.6) is 0 Å². The van der Waals surface area contributed by atoms with Crippen molar-refractivity contribution < 1.29 is 5.11 Å². The zero-order chi connectivity index (χ0) is 8.40. The van der Waals surface area contributed by atoms with Gasteiger partial charge in [0.05, 0.1) is 4.75 Å². The van der Waals surface area contributed by atoms with E-state index in [0.29, 0.717) is 10.5 Å². The molecule has 2 heterocycles. The zero-order valence-corrected chi connectivity index (χ0v) is 9.42. The highest BCUT2D eigenvalue weighted by molar-refractivity contribution is 8.14. The molecule has 2 saturated heterocycles. The minimum Gasteiger partial charge on any atom is -0.374 e. The molecule has 0 saturated carbocycles. The number of allylic oxidation sites excluding steroid dienone is 1.